The molecule has 3 unspecified atom stereocenters. The standard InChI is InChI=1S/C14H16BrNO2/c1-8-6-9(2-4-11(8)15)14(17)16-12-7-10-3-5-13(12)18-10/h2,4,6,10,12-13H,3,5,7H2,1H3,(H,16,17). The Hall–Kier alpha value is -0.870. The maximum Gasteiger partial charge on any atom is 0.251 e. The van der Waals surface area contributed by atoms with E-state index in [2.05, 4.69) is 21.2 Å². The van der Waals surface area contributed by atoms with Gasteiger partial charge in [0.05, 0.1) is 18.2 Å². The van der Waals surface area contributed by atoms with E-state index in [0.29, 0.717) is 6.10 Å². The van der Waals surface area contributed by atoms with Gasteiger partial charge in [0.15, 0.2) is 0 Å². The van der Waals surface area contributed by atoms with Crippen molar-refractivity contribution >= 4 is 21.8 Å². The lowest BCUT2D eigenvalue weighted by Gasteiger charge is -2.20. The van der Waals surface area contributed by atoms with Crippen LogP contribution in [0.5, 0.6) is 0 Å². The molecule has 2 aliphatic heterocycles. The Kier molecular flexibility index (Phi) is 3.16. The van der Waals surface area contributed by atoms with Gasteiger partial charge in [-0.3, -0.25) is 4.79 Å². The van der Waals surface area contributed by atoms with Gasteiger partial charge >= 0.3 is 0 Å². The number of carbonyl (C=O) groups is 1. The number of carbonyl (C=O) groups excluding carboxylic acids is 1. The topological polar surface area (TPSA) is 38.3 Å². The SMILES string of the molecule is Cc1cc(C(=O)NC2CC3CCC2O3)ccc1Br. The molecule has 1 N–H and O–H groups in total. The predicted molar refractivity (Wildman–Crippen MR) is 72.6 cm³/mol. The van der Waals surface area contributed by atoms with E-state index in [1.165, 1.54) is 0 Å². The third-order valence-corrected chi connectivity index (χ3v) is 4.73. The summed E-state index contributed by atoms with van der Waals surface area (Å²) in [6.07, 6.45) is 3.79. The molecule has 1 aromatic carbocycles. The average molecular weight is 310 g/mol. The maximum atomic E-state index is 12.2. The van der Waals surface area contributed by atoms with Gasteiger partial charge in [-0.25, -0.2) is 0 Å². The lowest BCUT2D eigenvalue weighted by Crippen LogP contribution is -2.41. The van der Waals surface area contributed by atoms with Gasteiger partial charge in [0.25, 0.3) is 5.91 Å². The fourth-order valence-electron chi connectivity index (χ4n) is 2.83. The first-order valence-corrected chi connectivity index (χ1v) is 7.15. The van der Waals surface area contributed by atoms with Crippen LogP contribution in [0.2, 0.25) is 0 Å². The second kappa shape index (κ2) is 4.67. The third-order valence-electron chi connectivity index (χ3n) is 3.84. The highest BCUT2D eigenvalue weighted by atomic mass is 79.9. The first kappa shape index (κ1) is 12.2. The predicted octanol–water partition coefficient (Wildman–Crippen LogP) is 2.81. The van der Waals surface area contributed by atoms with Gasteiger partial charge in [-0.15, -0.1) is 0 Å². The molecule has 0 aliphatic carbocycles. The van der Waals surface area contributed by atoms with Gasteiger partial charge < -0.3 is 10.1 Å². The Labute approximate surface area is 115 Å². The number of nitrogens with one attached hydrogen (secondary N) is 1. The minimum absolute atomic E-state index is 0.00625. The summed E-state index contributed by atoms with van der Waals surface area (Å²) in [5, 5.41) is 3.09. The highest BCUT2D eigenvalue weighted by Gasteiger charge is 2.41. The van der Waals surface area contributed by atoms with Gasteiger partial charge in [-0.1, -0.05) is 15.9 Å². The molecule has 0 spiro atoms. The Morgan fingerprint density at radius 3 is 2.89 bits per heavy atom. The molecule has 2 aliphatic rings. The normalized spacial score (nSPS) is 29.6. The fraction of sp³-hybridized carbons (Fsp3) is 0.500. The van der Waals surface area contributed by atoms with Crippen molar-refractivity contribution in [2.45, 2.75) is 44.4 Å². The van der Waals surface area contributed by atoms with Gasteiger partial charge in [0, 0.05) is 10.0 Å². The average Bonchev–Trinajstić information content (AvgIpc) is 2.94. The molecular formula is C14H16BrNO2. The molecule has 4 heteroatoms. The Bertz CT molecular complexity index is 489. The summed E-state index contributed by atoms with van der Waals surface area (Å²) in [4.78, 5) is 12.2. The number of benzene rings is 1. The van der Waals surface area contributed by atoms with Crippen LogP contribution in [-0.2, 0) is 4.74 Å². The third kappa shape index (κ3) is 2.19. The van der Waals surface area contributed by atoms with Crippen molar-refractivity contribution in [3.8, 4) is 0 Å². The molecule has 0 radical (unpaired) electrons. The number of aryl methyl sites for hydroxylation is 1. The van der Waals surface area contributed by atoms with Crippen molar-refractivity contribution in [1.82, 2.24) is 5.32 Å². The first-order chi connectivity index (χ1) is 8.63. The molecular weight excluding hydrogens is 294 g/mol. The van der Waals surface area contributed by atoms with Crippen LogP contribution in [0.25, 0.3) is 0 Å². The smallest absolute Gasteiger partial charge is 0.251 e. The van der Waals surface area contributed by atoms with E-state index in [9.17, 15) is 4.79 Å². The molecule has 0 saturated carbocycles. The Morgan fingerprint density at radius 2 is 2.28 bits per heavy atom. The largest absolute Gasteiger partial charge is 0.373 e. The molecule has 18 heavy (non-hydrogen) atoms. The quantitative estimate of drug-likeness (QED) is 0.912. The van der Waals surface area contributed by atoms with Crippen molar-refractivity contribution in [2.75, 3.05) is 0 Å². The number of fused-ring (bicyclic) bond motifs is 2. The first-order valence-electron chi connectivity index (χ1n) is 6.36. The van der Waals surface area contributed by atoms with E-state index in [-0.39, 0.29) is 18.1 Å². The number of hydrogen-bond donors (Lipinski definition) is 1. The van der Waals surface area contributed by atoms with Crippen molar-refractivity contribution in [3.63, 3.8) is 0 Å². The fourth-order valence-corrected chi connectivity index (χ4v) is 3.07. The number of rotatable bonds is 2. The number of hydrogen-bond acceptors (Lipinski definition) is 2. The van der Waals surface area contributed by atoms with Crippen LogP contribution < -0.4 is 5.32 Å². The van der Waals surface area contributed by atoms with Crippen LogP contribution in [0.1, 0.15) is 35.2 Å². The minimum atomic E-state index is 0.00625. The number of halogens is 1. The van der Waals surface area contributed by atoms with E-state index < -0.39 is 0 Å². The summed E-state index contributed by atoms with van der Waals surface area (Å²) >= 11 is 3.44. The van der Waals surface area contributed by atoms with E-state index >= 15 is 0 Å². The summed E-state index contributed by atoms with van der Waals surface area (Å²) in [5.41, 5.74) is 1.80. The molecule has 2 fully saturated rings. The highest BCUT2D eigenvalue weighted by molar-refractivity contribution is 9.10. The van der Waals surface area contributed by atoms with Crippen LogP contribution in [-0.4, -0.2) is 24.2 Å². The van der Waals surface area contributed by atoms with E-state index in [1.54, 1.807) is 0 Å². The maximum absolute atomic E-state index is 12.2. The molecule has 2 saturated heterocycles. The number of amides is 1. The van der Waals surface area contributed by atoms with E-state index in [0.717, 1.165) is 34.9 Å². The second-order valence-electron chi connectivity index (χ2n) is 5.15. The van der Waals surface area contributed by atoms with Crippen LogP contribution in [0, 0.1) is 6.92 Å². The van der Waals surface area contributed by atoms with Gasteiger partial charge in [-0.05, 0) is 49.9 Å². The van der Waals surface area contributed by atoms with Gasteiger partial charge in [-0.2, -0.15) is 0 Å². The summed E-state index contributed by atoms with van der Waals surface area (Å²) in [7, 11) is 0. The number of ether oxygens (including phenoxy) is 1. The lowest BCUT2D eigenvalue weighted by molar-refractivity contribution is 0.0841. The summed E-state index contributed by atoms with van der Waals surface area (Å²) in [6.45, 7) is 1.99. The van der Waals surface area contributed by atoms with Crippen LogP contribution in [0.3, 0.4) is 0 Å². The lowest BCUT2D eigenvalue weighted by atomic mass is 9.95. The van der Waals surface area contributed by atoms with Gasteiger partial charge in [0.1, 0.15) is 0 Å². The monoisotopic (exact) mass is 309 g/mol. The Balaban J connectivity index is 1.69. The van der Waals surface area contributed by atoms with E-state index in [1.807, 2.05) is 25.1 Å². The molecule has 96 valence electrons. The van der Waals surface area contributed by atoms with E-state index in [4.69, 9.17) is 4.74 Å². The summed E-state index contributed by atoms with van der Waals surface area (Å²) in [5.74, 6) is 0.00625. The second-order valence-corrected chi connectivity index (χ2v) is 6.01. The zero-order valence-electron chi connectivity index (χ0n) is 10.3. The summed E-state index contributed by atoms with van der Waals surface area (Å²) in [6, 6.07) is 5.87. The molecule has 3 rings (SSSR count). The van der Waals surface area contributed by atoms with Crippen LogP contribution in [0.4, 0.5) is 0 Å². The summed E-state index contributed by atoms with van der Waals surface area (Å²) < 4.78 is 6.77. The molecule has 3 nitrogen and oxygen atoms in total. The zero-order chi connectivity index (χ0) is 12.7. The molecule has 0 aromatic heterocycles. The molecule has 1 amide bonds. The van der Waals surface area contributed by atoms with Crippen molar-refractivity contribution in [1.29, 1.82) is 0 Å². The van der Waals surface area contributed by atoms with Crippen LogP contribution in [0.15, 0.2) is 22.7 Å². The van der Waals surface area contributed by atoms with Crippen molar-refractivity contribution in [3.05, 3.63) is 33.8 Å². The van der Waals surface area contributed by atoms with Crippen molar-refractivity contribution in [2.24, 2.45) is 0 Å². The molecule has 3 atom stereocenters. The molecule has 2 bridgehead atoms. The highest BCUT2D eigenvalue weighted by Crippen LogP contribution is 2.34. The molecule has 1 aromatic rings. The molecule has 2 heterocycles. The Morgan fingerprint density at radius 1 is 1.44 bits per heavy atom. The van der Waals surface area contributed by atoms with Crippen molar-refractivity contribution < 1.29 is 9.53 Å². The van der Waals surface area contributed by atoms with Gasteiger partial charge in [0.2, 0.25) is 0 Å². The zero-order valence-corrected chi connectivity index (χ0v) is 11.9. The minimum Gasteiger partial charge on any atom is -0.373 e. The van der Waals surface area contributed by atoms with Crippen LogP contribution >= 0.6 is 15.9 Å².